The smallest absolute Gasteiger partial charge is 0.407 e. The summed E-state index contributed by atoms with van der Waals surface area (Å²) in [5.74, 6) is 0. The van der Waals surface area contributed by atoms with Crippen LogP contribution in [0.4, 0.5) is 4.79 Å². The van der Waals surface area contributed by atoms with E-state index in [1.165, 1.54) is 10.4 Å². The molecule has 0 bridgehead atoms. The average Bonchev–Trinajstić information content (AvgIpc) is 2.83. The van der Waals surface area contributed by atoms with E-state index >= 15 is 0 Å². The molecule has 126 valence electrons. The van der Waals surface area contributed by atoms with Crippen LogP contribution in [0.5, 0.6) is 0 Å². The number of ether oxygens (including phenoxy) is 1. The first-order valence-electron chi connectivity index (χ1n) is 7.96. The van der Waals surface area contributed by atoms with Crippen molar-refractivity contribution < 1.29 is 9.53 Å². The van der Waals surface area contributed by atoms with Gasteiger partial charge in [0, 0.05) is 23.5 Å². The highest BCUT2D eigenvalue weighted by molar-refractivity contribution is 7.10. The van der Waals surface area contributed by atoms with Crippen molar-refractivity contribution in [3.05, 3.63) is 21.9 Å². The Hall–Kier alpha value is -1.07. The molecule has 5 heteroatoms. The summed E-state index contributed by atoms with van der Waals surface area (Å²) < 4.78 is 5.32. The lowest BCUT2D eigenvalue weighted by atomic mass is 9.92. The van der Waals surface area contributed by atoms with Crippen LogP contribution in [0.15, 0.2) is 11.4 Å². The van der Waals surface area contributed by atoms with Crippen LogP contribution in [0.1, 0.15) is 57.9 Å². The first kappa shape index (κ1) is 19.0. The molecule has 0 spiro atoms. The van der Waals surface area contributed by atoms with Crippen LogP contribution in [0.2, 0.25) is 0 Å². The van der Waals surface area contributed by atoms with E-state index in [0.29, 0.717) is 6.54 Å². The van der Waals surface area contributed by atoms with E-state index in [4.69, 9.17) is 4.74 Å². The fourth-order valence-electron chi connectivity index (χ4n) is 2.22. The van der Waals surface area contributed by atoms with E-state index in [9.17, 15) is 4.79 Å². The first-order valence-corrected chi connectivity index (χ1v) is 8.84. The van der Waals surface area contributed by atoms with Crippen LogP contribution in [0.25, 0.3) is 0 Å². The Morgan fingerprint density at radius 1 is 1.27 bits per heavy atom. The lowest BCUT2D eigenvalue weighted by molar-refractivity contribution is 0.0507. The molecule has 22 heavy (non-hydrogen) atoms. The molecular weight excluding hydrogens is 296 g/mol. The SMILES string of the molecule is CCC(CC)(CNC(=O)OC(C)(C)C)NCc1sccc1C. The molecular formula is C17H30N2O2S. The summed E-state index contributed by atoms with van der Waals surface area (Å²) >= 11 is 1.77. The third-order valence-electron chi connectivity index (χ3n) is 3.92. The minimum Gasteiger partial charge on any atom is -0.444 e. The Labute approximate surface area is 138 Å². The van der Waals surface area contributed by atoms with Crippen LogP contribution in [0, 0.1) is 6.92 Å². The minimum atomic E-state index is -0.466. The van der Waals surface area contributed by atoms with Gasteiger partial charge < -0.3 is 15.4 Å². The second kappa shape index (κ2) is 7.97. The number of amides is 1. The van der Waals surface area contributed by atoms with Gasteiger partial charge in [-0.25, -0.2) is 4.79 Å². The molecule has 2 N–H and O–H groups in total. The van der Waals surface area contributed by atoms with E-state index in [1.807, 2.05) is 20.8 Å². The number of nitrogens with one attached hydrogen (secondary N) is 2. The Balaban J connectivity index is 2.59. The largest absolute Gasteiger partial charge is 0.444 e. The fraction of sp³-hybridized carbons (Fsp3) is 0.706. The van der Waals surface area contributed by atoms with Crippen molar-refractivity contribution in [1.29, 1.82) is 0 Å². The second-order valence-electron chi connectivity index (χ2n) is 6.72. The predicted octanol–water partition coefficient (Wildman–Crippen LogP) is 4.23. The van der Waals surface area contributed by atoms with Crippen molar-refractivity contribution in [1.82, 2.24) is 10.6 Å². The highest BCUT2D eigenvalue weighted by Crippen LogP contribution is 2.20. The monoisotopic (exact) mass is 326 g/mol. The molecule has 0 radical (unpaired) electrons. The molecule has 0 saturated carbocycles. The molecule has 4 nitrogen and oxygen atoms in total. The number of hydrogen-bond acceptors (Lipinski definition) is 4. The number of carbonyl (C=O) groups excluding carboxylic acids is 1. The number of carbonyl (C=O) groups is 1. The van der Waals surface area contributed by atoms with E-state index in [-0.39, 0.29) is 11.6 Å². The van der Waals surface area contributed by atoms with Gasteiger partial charge in [0.05, 0.1) is 0 Å². The first-order chi connectivity index (χ1) is 10.2. The minimum absolute atomic E-state index is 0.104. The number of alkyl carbamates (subject to hydrolysis) is 1. The molecule has 0 aliphatic heterocycles. The zero-order valence-electron chi connectivity index (χ0n) is 14.7. The fourth-order valence-corrected chi connectivity index (χ4v) is 3.07. The molecule has 1 amide bonds. The highest BCUT2D eigenvalue weighted by Gasteiger charge is 2.27. The van der Waals surface area contributed by atoms with Gasteiger partial charge in [0.1, 0.15) is 5.60 Å². The summed E-state index contributed by atoms with van der Waals surface area (Å²) in [7, 11) is 0. The Kier molecular flexibility index (Phi) is 6.88. The molecule has 0 unspecified atom stereocenters. The average molecular weight is 327 g/mol. The summed E-state index contributed by atoms with van der Waals surface area (Å²) in [6.45, 7) is 13.4. The summed E-state index contributed by atoms with van der Waals surface area (Å²) in [6.07, 6.45) is 1.54. The van der Waals surface area contributed by atoms with Crippen LogP contribution in [-0.2, 0) is 11.3 Å². The van der Waals surface area contributed by atoms with Gasteiger partial charge in [-0.1, -0.05) is 13.8 Å². The van der Waals surface area contributed by atoms with Gasteiger partial charge in [0.25, 0.3) is 0 Å². The van der Waals surface area contributed by atoms with E-state index < -0.39 is 5.60 Å². The zero-order chi connectivity index (χ0) is 16.8. The van der Waals surface area contributed by atoms with Crippen LogP contribution >= 0.6 is 11.3 Å². The lowest BCUT2D eigenvalue weighted by Crippen LogP contribution is -2.53. The molecule has 0 saturated heterocycles. The highest BCUT2D eigenvalue weighted by atomic mass is 32.1. The van der Waals surface area contributed by atoms with Gasteiger partial charge >= 0.3 is 6.09 Å². The van der Waals surface area contributed by atoms with Gasteiger partial charge in [-0.15, -0.1) is 11.3 Å². The number of thiophene rings is 1. The molecule has 1 heterocycles. The zero-order valence-corrected chi connectivity index (χ0v) is 15.5. The number of rotatable bonds is 7. The topological polar surface area (TPSA) is 50.4 Å². The molecule has 1 aromatic heterocycles. The molecule has 0 aromatic carbocycles. The third-order valence-corrected chi connectivity index (χ3v) is 4.94. The van der Waals surface area contributed by atoms with Crippen molar-refractivity contribution >= 4 is 17.4 Å². The summed E-state index contributed by atoms with van der Waals surface area (Å²) in [4.78, 5) is 13.2. The van der Waals surface area contributed by atoms with Gasteiger partial charge in [0.15, 0.2) is 0 Å². The summed E-state index contributed by atoms with van der Waals surface area (Å²) in [5.41, 5.74) is 0.749. The molecule has 0 aliphatic rings. The standard InChI is InChI=1S/C17H30N2O2S/c1-7-17(8-2,12-18-15(20)21-16(4,5)6)19-11-14-13(3)9-10-22-14/h9-10,19H,7-8,11-12H2,1-6H3,(H,18,20). The maximum absolute atomic E-state index is 11.9. The molecule has 1 aromatic rings. The maximum atomic E-state index is 11.9. The van der Waals surface area contributed by atoms with Gasteiger partial charge in [-0.3, -0.25) is 0 Å². The summed E-state index contributed by atoms with van der Waals surface area (Å²) in [5, 5.41) is 8.66. The van der Waals surface area contributed by atoms with Gasteiger partial charge in [-0.05, 0) is 57.5 Å². The van der Waals surface area contributed by atoms with Crippen molar-refractivity contribution in [2.24, 2.45) is 0 Å². The Bertz CT molecular complexity index is 473. The molecule has 0 atom stereocenters. The van der Waals surface area contributed by atoms with E-state index in [2.05, 4.69) is 42.9 Å². The molecule has 0 aliphatic carbocycles. The van der Waals surface area contributed by atoms with Crippen molar-refractivity contribution in [2.45, 2.75) is 72.1 Å². The predicted molar refractivity (Wildman–Crippen MR) is 93.4 cm³/mol. The second-order valence-corrected chi connectivity index (χ2v) is 7.72. The Morgan fingerprint density at radius 3 is 2.36 bits per heavy atom. The number of hydrogen-bond donors (Lipinski definition) is 2. The molecule has 0 fully saturated rings. The number of aryl methyl sites for hydroxylation is 1. The Morgan fingerprint density at radius 2 is 1.91 bits per heavy atom. The van der Waals surface area contributed by atoms with Gasteiger partial charge in [-0.2, -0.15) is 0 Å². The van der Waals surface area contributed by atoms with Crippen molar-refractivity contribution in [3.63, 3.8) is 0 Å². The lowest BCUT2D eigenvalue weighted by Gasteiger charge is -2.33. The van der Waals surface area contributed by atoms with Crippen molar-refractivity contribution in [3.8, 4) is 0 Å². The maximum Gasteiger partial charge on any atom is 0.407 e. The third kappa shape index (κ3) is 5.97. The summed E-state index contributed by atoms with van der Waals surface area (Å²) in [6, 6.07) is 2.14. The van der Waals surface area contributed by atoms with Crippen molar-refractivity contribution in [2.75, 3.05) is 6.54 Å². The quantitative estimate of drug-likeness (QED) is 0.788. The van der Waals surface area contributed by atoms with E-state index in [1.54, 1.807) is 11.3 Å². The van der Waals surface area contributed by atoms with Crippen LogP contribution < -0.4 is 10.6 Å². The van der Waals surface area contributed by atoms with Crippen LogP contribution in [0.3, 0.4) is 0 Å². The van der Waals surface area contributed by atoms with Gasteiger partial charge in [0.2, 0.25) is 0 Å². The van der Waals surface area contributed by atoms with Crippen LogP contribution in [-0.4, -0.2) is 23.8 Å². The normalized spacial score (nSPS) is 12.3. The van der Waals surface area contributed by atoms with E-state index in [0.717, 1.165) is 19.4 Å². The molecule has 1 rings (SSSR count).